The number of amides is 1. The lowest BCUT2D eigenvalue weighted by atomic mass is 10.1. The van der Waals surface area contributed by atoms with Crippen molar-refractivity contribution in [3.05, 3.63) is 53.6 Å². The Kier molecular flexibility index (Phi) is 4.53. The number of carbonyl (C=O) groups is 1. The second-order valence-electron chi connectivity index (χ2n) is 6.26. The average molecular weight is 403 g/mol. The van der Waals surface area contributed by atoms with Gasteiger partial charge < -0.3 is 4.90 Å². The number of pyridine rings is 1. The predicted molar refractivity (Wildman–Crippen MR) is 102 cm³/mol. The standard InChI is InChI=1S/C18H15ClN4O3S/c19-13-3-1-12(2-4-13)14-9-20-10-15-17(14)22-16(11-21-15)18(24)23-5-7-27(25,26)8-6-23/h1-4,9-11H,5-8H2. The van der Waals surface area contributed by atoms with Crippen LogP contribution in [0.25, 0.3) is 22.2 Å². The molecule has 0 radical (unpaired) electrons. The van der Waals surface area contributed by atoms with Gasteiger partial charge in [0.15, 0.2) is 9.84 Å². The van der Waals surface area contributed by atoms with Crippen LogP contribution in [0.5, 0.6) is 0 Å². The second kappa shape index (κ2) is 6.86. The van der Waals surface area contributed by atoms with E-state index in [2.05, 4.69) is 15.0 Å². The normalized spacial score (nSPS) is 16.4. The van der Waals surface area contributed by atoms with Gasteiger partial charge in [0.2, 0.25) is 0 Å². The summed E-state index contributed by atoms with van der Waals surface area (Å²) in [5.41, 5.74) is 2.92. The van der Waals surface area contributed by atoms with Crippen LogP contribution in [-0.2, 0) is 9.84 Å². The molecule has 0 saturated carbocycles. The van der Waals surface area contributed by atoms with E-state index in [0.29, 0.717) is 16.1 Å². The van der Waals surface area contributed by atoms with Gasteiger partial charge in [-0.25, -0.2) is 13.4 Å². The van der Waals surface area contributed by atoms with Crippen molar-refractivity contribution in [1.29, 1.82) is 0 Å². The van der Waals surface area contributed by atoms with Crippen molar-refractivity contribution in [2.75, 3.05) is 24.6 Å². The third-order valence-corrected chi connectivity index (χ3v) is 6.32. The first kappa shape index (κ1) is 17.8. The molecule has 1 aliphatic heterocycles. The van der Waals surface area contributed by atoms with Gasteiger partial charge in [0, 0.05) is 29.9 Å². The maximum absolute atomic E-state index is 12.7. The zero-order valence-corrected chi connectivity index (χ0v) is 15.7. The Bertz CT molecular complexity index is 1120. The fraction of sp³-hybridized carbons (Fsp3) is 0.222. The monoisotopic (exact) mass is 402 g/mol. The molecule has 9 heteroatoms. The Labute approximate surface area is 160 Å². The molecular formula is C18H15ClN4O3S. The summed E-state index contributed by atoms with van der Waals surface area (Å²) in [5.74, 6) is -0.377. The smallest absolute Gasteiger partial charge is 0.274 e. The highest BCUT2D eigenvalue weighted by Crippen LogP contribution is 2.27. The van der Waals surface area contributed by atoms with Gasteiger partial charge in [-0.2, -0.15) is 0 Å². The summed E-state index contributed by atoms with van der Waals surface area (Å²) in [6.07, 6.45) is 4.66. The number of hydrogen-bond acceptors (Lipinski definition) is 6. The quantitative estimate of drug-likeness (QED) is 0.652. The molecule has 3 heterocycles. The number of aromatic nitrogens is 3. The molecule has 4 rings (SSSR count). The summed E-state index contributed by atoms with van der Waals surface area (Å²) >= 11 is 5.95. The van der Waals surface area contributed by atoms with Crippen molar-refractivity contribution in [1.82, 2.24) is 19.9 Å². The van der Waals surface area contributed by atoms with E-state index >= 15 is 0 Å². The summed E-state index contributed by atoms with van der Waals surface area (Å²) in [6.45, 7) is 0.336. The predicted octanol–water partition coefficient (Wildman–Crippen LogP) is 2.22. The van der Waals surface area contributed by atoms with E-state index in [1.54, 1.807) is 24.5 Å². The summed E-state index contributed by atoms with van der Waals surface area (Å²) in [4.78, 5) is 27.3. The molecule has 0 bridgehead atoms. The van der Waals surface area contributed by atoms with Gasteiger partial charge in [-0.15, -0.1) is 0 Å². The minimum Gasteiger partial charge on any atom is -0.335 e. The van der Waals surface area contributed by atoms with Crippen LogP contribution in [0, 0.1) is 0 Å². The van der Waals surface area contributed by atoms with E-state index in [1.165, 1.54) is 11.1 Å². The van der Waals surface area contributed by atoms with E-state index in [-0.39, 0.29) is 36.2 Å². The van der Waals surface area contributed by atoms with Gasteiger partial charge >= 0.3 is 0 Å². The number of halogens is 1. The maximum Gasteiger partial charge on any atom is 0.274 e. The van der Waals surface area contributed by atoms with E-state index in [9.17, 15) is 13.2 Å². The number of nitrogens with zero attached hydrogens (tertiary/aromatic N) is 4. The summed E-state index contributed by atoms with van der Waals surface area (Å²) in [6, 6.07) is 7.24. The molecule has 3 aromatic rings. The molecule has 0 N–H and O–H groups in total. The van der Waals surface area contributed by atoms with Crippen LogP contribution >= 0.6 is 11.6 Å². The Hall–Kier alpha value is -2.58. The summed E-state index contributed by atoms with van der Waals surface area (Å²) in [7, 11) is -3.06. The molecule has 0 spiro atoms. The Balaban J connectivity index is 1.72. The first-order valence-corrected chi connectivity index (χ1v) is 10.5. The molecular weight excluding hydrogens is 388 g/mol. The number of fused-ring (bicyclic) bond motifs is 1. The zero-order chi connectivity index (χ0) is 19.0. The van der Waals surface area contributed by atoms with Crippen molar-refractivity contribution in [3.8, 4) is 11.1 Å². The van der Waals surface area contributed by atoms with Gasteiger partial charge in [0.05, 0.1) is 23.9 Å². The van der Waals surface area contributed by atoms with Crippen LogP contribution in [0.4, 0.5) is 0 Å². The first-order chi connectivity index (χ1) is 12.9. The van der Waals surface area contributed by atoms with Crippen molar-refractivity contribution < 1.29 is 13.2 Å². The largest absolute Gasteiger partial charge is 0.335 e. The molecule has 0 unspecified atom stereocenters. The topological polar surface area (TPSA) is 93.1 Å². The fourth-order valence-corrected chi connectivity index (χ4v) is 4.28. The average Bonchev–Trinajstić information content (AvgIpc) is 2.67. The fourth-order valence-electron chi connectivity index (χ4n) is 2.96. The van der Waals surface area contributed by atoms with Crippen LogP contribution in [0.3, 0.4) is 0 Å². The Morgan fingerprint density at radius 3 is 2.44 bits per heavy atom. The van der Waals surface area contributed by atoms with Crippen molar-refractivity contribution in [2.24, 2.45) is 0 Å². The molecule has 138 valence electrons. The lowest BCUT2D eigenvalue weighted by molar-refractivity contribution is 0.0764. The number of sulfone groups is 1. The third kappa shape index (κ3) is 3.63. The van der Waals surface area contributed by atoms with Gasteiger partial charge in [0.25, 0.3) is 5.91 Å². The number of carbonyl (C=O) groups excluding carboxylic acids is 1. The molecule has 1 amide bonds. The van der Waals surface area contributed by atoms with E-state index < -0.39 is 9.84 Å². The van der Waals surface area contributed by atoms with E-state index in [1.807, 2.05) is 12.1 Å². The highest BCUT2D eigenvalue weighted by molar-refractivity contribution is 7.91. The van der Waals surface area contributed by atoms with E-state index in [4.69, 9.17) is 11.6 Å². The lowest BCUT2D eigenvalue weighted by Crippen LogP contribution is -2.44. The van der Waals surface area contributed by atoms with Gasteiger partial charge in [-0.3, -0.25) is 14.8 Å². The highest BCUT2D eigenvalue weighted by atomic mass is 35.5. The molecule has 0 aliphatic carbocycles. The number of hydrogen-bond donors (Lipinski definition) is 0. The van der Waals surface area contributed by atoms with E-state index in [0.717, 1.165) is 11.1 Å². The van der Waals surface area contributed by atoms with Crippen LogP contribution in [-0.4, -0.2) is 58.8 Å². The summed E-state index contributed by atoms with van der Waals surface area (Å²) < 4.78 is 23.1. The van der Waals surface area contributed by atoms with Crippen LogP contribution in [0.2, 0.25) is 5.02 Å². The number of rotatable bonds is 2. The van der Waals surface area contributed by atoms with Crippen LogP contribution in [0.15, 0.2) is 42.9 Å². The molecule has 2 aromatic heterocycles. The molecule has 7 nitrogen and oxygen atoms in total. The van der Waals surface area contributed by atoms with Crippen LogP contribution in [0.1, 0.15) is 10.5 Å². The lowest BCUT2D eigenvalue weighted by Gasteiger charge is -2.26. The molecule has 1 saturated heterocycles. The molecule has 27 heavy (non-hydrogen) atoms. The first-order valence-electron chi connectivity index (χ1n) is 8.29. The van der Waals surface area contributed by atoms with Crippen molar-refractivity contribution in [3.63, 3.8) is 0 Å². The minimum absolute atomic E-state index is 0.0281. The molecule has 1 aromatic carbocycles. The van der Waals surface area contributed by atoms with Crippen molar-refractivity contribution in [2.45, 2.75) is 0 Å². The van der Waals surface area contributed by atoms with Crippen LogP contribution < -0.4 is 0 Å². The SMILES string of the molecule is O=C(c1cnc2cncc(-c3ccc(Cl)cc3)c2n1)N1CCS(=O)(=O)CC1. The maximum atomic E-state index is 12.7. The number of benzene rings is 1. The minimum atomic E-state index is -3.06. The third-order valence-electron chi connectivity index (χ3n) is 4.46. The Morgan fingerprint density at radius 1 is 1.04 bits per heavy atom. The molecule has 0 atom stereocenters. The zero-order valence-electron chi connectivity index (χ0n) is 14.2. The molecule has 1 fully saturated rings. The highest BCUT2D eigenvalue weighted by Gasteiger charge is 2.27. The second-order valence-corrected chi connectivity index (χ2v) is 9.00. The van der Waals surface area contributed by atoms with Gasteiger partial charge in [-0.1, -0.05) is 23.7 Å². The molecule has 1 aliphatic rings. The van der Waals surface area contributed by atoms with Crippen molar-refractivity contribution >= 4 is 38.4 Å². The van der Waals surface area contributed by atoms with Gasteiger partial charge in [0.1, 0.15) is 16.7 Å². The van der Waals surface area contributed by atoms with Gasteiger partial charge in [-0.05, 0) is 17.7 Å². The Morgan fingerprint density at radius 2 is 1.74 bits per heavy atom. The summed E-state index contributed by atoms with van der Waals surface area (Å²) in [5, 5.41) is 0.619.